The number of nitrogens with zero attached hydrogens (tertiary/aromatic N) is 2. The highest BCUT2D eigenvalue weighted by atomic mass is 19.1. The first-order chi connectivity index (χ1) is 13.2. The zero-order valence-electron chi connectivity index (χ0n) is 14.3. The Bertz CT molecular complexity index is 1080. The van der Waals surface area contributed by atoms with Crippen molar-refractivity contribution >= 4 is 22.4 Å². The quantitative estimate of drug-likeness (QED) is 0.535. The van der Waals surface area contributed by atoms with E-state index in [0.29, 0.717) is 18.2 Å². The van der Waals surface area contributed by atoms with Crippen molar-refractivity contribution in [2.45, 2.75) is 6.61 Å². The topological polar surface area (TPSA) is 67.3 Å². The summed E-state index contributed by atoms with van der Waals surface area (Å²) in [5, 5.41) is 13.6. The first-order valence-corrected chi connectivity index (χ1v) is 8.35. The fraction of sp³-hybridized carbons (Fsp3) is 0.0476. The number of phenolic OH excluding ortho intramolecular Hbond substituents is 1. The lowest BCUT2D eigenvalue weighted by Gasteiger charge is -2.10. The molecule has 0 saturated carbocycles. The molecule has 5 nitrogen and oxygen atoms in total. The zero-order valence-corrected chi connectivity index (χ0v) is 14.3. The number of hydrogen-bond donors (Lipinski definition) is 2. The molecule has 134 valence electrons. The summed E-state index contributed by atoms with van der Waals surface area (Å²) in [6, 6.07) is 18.6. The standard InChI is InChI=1S/C21H16FN3O2/c22-15-3-1-2-14(10-15)12-27-18-7-4-16(5-8-18)25-21-19-11-17(26)6-9-20(19)23-13-24-21/h1-11,13,26H,12H2,(H,23,24,25). The molecule has 4 aromatic rings. The lowest BCUT2D eigenvalue weighted by atomic mass is 10.2. The van der Waals surface area contributed by atoms with Crippen LogP contribution in [0.1, 0.15) is 5.56 Å². The average molecular weight is 361 g/mol. The highest BCUT2D eigenvalue weighted by Crippen LogP contribution is 2.27. The Kier molecular flexibility index (Phi) is 4.53. The van der Waals surface area contributed by atoms with Crippen molar-refractivity contribution in [2.24, 2.45) is 0 Å². The van der Waals surface area contributed by atoms with Crippen molar-refractivity contribution < 1.29 is 14.2 Å². The summed E-state index contributed by atoms with van der Waals surface area (Å²) < 4.78 is 18.9. The number of halogens is 1. The van der Waals surface area contributed by atoms with Crippen LogP contribution in [0.15, 0.2) is 73.1 Å². The Morgan fingerprint density at radius 1 is 0.963 bits per heavy atom. The summed E-state index contributed by atoms with van der Waals surface area (Å²) in [7, 11) is 0. The fourth-order valence-corrected chi connectivity index (χ4v) is 2.71. The maximum atomic E-state index is 13.2. The molecule has 27 heavy (non-hydrogen) atoms. The maximum absolute atomic E-state index is 13.2. The third-order valence-electron chi connectivity index (χ3n) is 4.03. The Morgan fingerprint density at radius 2 is 1.81 bits per heavy atom. The van der Waals surface area contributed by atoms with Crippen LogP contribution in [-0.2, 0) is 6.61 Å². The van der Waals surface area contributed by atoms with E-state index in [1.807, 2.05) is 30.3 Å². The van der Waals surface area contributed by atoms with E-state index in [4.69, 9.17) is 4.74 Å². The second-order valence-corrected chi connectivity index (χ2v) is 5.99. The van der Waals surface area contributed by atoms with Gasteiger partial charge in [-0.2, -0.15) is 0 Å². The van der Waals surface area contributed by atoms with E-state index in [2.05, 4.69) is 15.3 Å². The second kappa shape index (κ2) is 7.29. The van der Waals surface area contributed by atoms with Crippen LogP contribution < -0.4 is 10.1 Å². The highest BCUT2D eigenvalue weighted by Gasteiger charge is 2.06. The second-order valence-electron chi connectivity index (χ2n) is 5.99. The number of fused-ring (bicyclic) bond motifs is 1. The van der Waals surface area contributed by atoms with E-state index in [-0.39, 0.29) is 11.6 Å². The molecule has 2 N–H and O–H groups in total. The number of aromatic hydroxyl groups is 1. The van der Waals surface area contributed by atoms with Crippen LogP contribution >= 0.6 is 0 Å². The minimum absolute atomic E-state index is 0.154. The van der Waals surface area contributed by atoms with Crippen molar-refractivity contribution in [2.75, 3.05) is 5.32 Å². The molecule has 0 fully saturated rings. The van der Waals surface area contributed by atoms with Crippen LogP contribution in [0.2, 0.25) is 0 Å². The highest BCUT2D eigenvalue weighted by molar-refractivity contribution is 5.91. The van der Waals surface area contributed by atoms with Gasteiger partial charge >= 0.3 is 0 Å². The monoisotopic (exact) mass is 361 g/mol. The molecule has 0 radical (unpaired) electrons. The van der Waals surface area contributed by atoms with Crippen LogP contribution in [0.4, 0.5) is 15.9 Å². The molecular formula is C21H16FN3O2. The molecule has 0 saturated heterocycles. The molecule has 0 aliphatic heterocycles. The van der Waals surface area contributed by atoms with E-state index >= 15 is 0 Å². The van der Waals surface area contributed by atoms with Gasteiger partial charge in [0.25, 0.3) is 0 Å². The summed E-state index contributed by atoms with van der Waals surface area (Å²) >= 11 is 0. The molecule has 1 heterocycles. The molecule has 0 unspecified atom stereocenters. The number of ether oxygens (including phenoxy) is 1. The van der Waals surface area contributed by atoms with Gasteiger partial charge in [0.1, 0.15) is 36.1 Å². The van der Waals surface area contributed by atoms with E-state index in [1.54, 1.807) is 24.3 Å². The summed E-state index contributed by atoms with van der Waals surface area (Å²) in [6.45, 7) is 0.292. The Labute approximate surface area is 155 Å². The van der Waals surface area contributed by atoms with Gasteiger partial charge in [0.05, 0.1) is 5.52 Å². The number of anilines is 2. The summed E-state index contributed by atoms with van der Waals surface area (Å²) in [5.41, 5.74) is 2.32. The number of nitrogens with one attached hydrogen (secondary N) is 1. The van der Waals surface area contributed by atoms with E-state index in [0.717, 1.165) is 22.2 Å². The van der Waals surface area contributed by atoms with Gasteiger partial charge < -0.3 is 15.2 Å². The first kappa shape index (κ1) is 16.8. The Balaban J connectivity index is 1.47. The SMILES string of the molecule is Oc1ccc2ncnc(Nc3ccc(OCc4cccc(F)c4)cc3)c2c1. The minimum Gasteiger partial charge on any atom is -0.508 e. The van der Waals surface area contributed by atoms with Crippen molar-refractivity contribution in [1.82, 2.24) is 9.97 Å². The minimum atomic E-state index is -0.279. The van der Waals surface area contributed by atoms with E-state index < -0.39 is 0 Å². The molecular weight excluding hydrogens is 345 g/mol. The Morgan fingerprint density at radius 3 is 2.63 bits per heavy atom. The molecule has 0 bridgehead atoms. The van der Waals surface area contributed by atoms with Crippen molar-refractivity contribution in [3.63, 3.8) is 0 Å². The van der Waals surface area contributed by atoms with Crippen LogP contribution in [0.25, 0.3) is 10.9 Å². The molecule has 0 aliphatic carbocycles. The summed E-state index contributed by atoms with van der Waals surface area (Å²) in [4.78, 5) is 8.44. The van der Waals surface area contributed by atoms with Crippen LogP contribution in [0.5, 0.6) is 11.5 Å². The van der Waals surface area contributed by atoms with Gasteiger partial charge in [0, 0.05) is 11.1 Å². The van der Waals surface area contributed by atoms with Gasteiger partial charge in [-0.15, -0.1) is 0 Å². The fourth-order valence-electron chi connectivity index (χ4n) is 2.71. The largest absolute Gasteiger partial charge is 0.508 e. The maximum Gasteiger partial charge on any atom is 0.141 e. The first-order valence-electron chi connectivity index (χ1n) is 8.35. The lowest BCUT2D eigenvalue weighted by Crippen LogP contribution is -1.97. The van der Waals surface area contributed by atoms with Gasteiger partial charge in [-0.1, -0.05) is 12.1 Å². The van der Waals surface area contributed by atoms with Crippen LogP contribution in [-0.4, -0.2) is 15.1 Å². The number of aromatic nitrogens is 2. The van der Waals surface area contributed by atoms with Crippen LogP contribution in [0, 0.1) is 5.82 Å². The molecule has 0 aliphatic rings. The van der Waals surface area contributed by atoms with E-state index in [9.17, 15) is 9.50 Å². The smallest absolute Gasteiger partial charge is 0.141 e. The van der Waals surface area contributed by atoms with Crippen molar-refractivity contribution in [3.05, 3.63) is 84.4 Å². The van der Waals surface area contributed by atoms with Gasteiger partial charge in [0.2, 0.25) is 0 Å². The van der Waals surface area contributed by atoms with E-state index in [1.165, 1.54) is 18.5 Å². The van der Waals surface area contributed by atoms with Crippen molar-refractivity contribution in [1.29, 1.82) is 0 Å². The third-order valence-corrected chi connectivity index (χ3v) is 4.03. The number of benzene rings is 3. The third kappa shape index (κ3) is 3.95. The van der Waals surface area contributed by atoms with Crippen LogP contribution in [0.3, 0.4) is 0 Å². The molecule has 6 heteroatoms. The van der Waals surface area contributed by atoms with Crippen molar-refractivity contribution in [3.8, 4) is 11.5 Å². The van der Waals surface area contributed by atoms with Gasteiger partial charge in [0.15, 0.2) is 0 Å². The summed E-state index contributed by atoms with van der Waals surface area (Å²) in [6.07, 6.45) is 1.47. The number of phenols is 1. The number of rotatable bonds is 5. The predicted molar refractivity (Wildman–Crippen MR) is 102 cm³/mol. The molecule has 4 rings (SSSR count). The van der Waals surface area contributed by atoms with Gasteiger partial charge in [-0.25, -0.2) is 14.4 Å². The molecule has 0 atom stereocenters. The zero-order chi connectivity index (χ0) is 18.6. The Hall–Kier alpha value is -3.67. The summed E-state index contributed by atoms with van der Waals surface area (Å²) in [5.74, 6) is 1.15. The molecule has 0 spiro atoms. The molecule has 0 amide bonds. The van der Waals surface area contributed by atoms with Gasteiger partial charge in [-0.05, 0) is 60.2 Å². The predicted octanol–water partition coefficient (Wildman–Crippen LogP) is 4.80. The normalized spacial score (nSPS) is 10.7. The lowest BCUT2D eigenvalue weighted by molar-refractivity contribution is 0.305. The number of hydrogen-bond acceptors (Lipinski definition) is 5. The average Bonchev–Trinajstić information content (AvgIpc) is 2.68. The van der Waals surface area contributed by atoms with Gasteiger partial charge in [-0.3, -0.25) is 0 Å². The molecule has 3 aromatic carbocycles. The molecule has 1 aromatic heterocycles.